The van der Waals surface area contributed by atoms with E-state index in [-0.39, 0.29) is 22.8 Å². The van der Waals surface area contributed by atoms with Gasteiger partial charge in [-0.2, -0.15) is 0 Å². The molecule has 2 atom stereocenters. The molecule has 1 saturated heterocycles. The lowest BCUT2D eigenvalue weighted by Gasteiger charge is -2.60. The summed E-state index contributed by atoms with van der Waals surface area (Å²) in [6, 6.07) is 12.0. The van der Waals surface area contributed by atoms with E-state index in [1.165, 1.54) is 11.1 Å². The second-order valence-electron chi connectivity index (χ2n) is 8.53. The third-order valence-electron chi connectivity index (χ3n) is 7.10. The summed E-state index contributed by atoms with van der Waals surface area (Å²) < 4.78 is 0. The minimum absolute atomic E-state index is 0.0293. The van der Waals surface area contributed by atoms with Crippen molar-refractivity contribution >= 4 is 34.8 Å². The van der Waals surface area contributed by atoms with Gasteiger partial charge in [-0.05, 0) is 41.5 Å². The number of carbonyl (C=O) groups excluding carboxylic acids is 1. The summed E-state index contributed by atoms with van der Waals surface area (Å²) >= 11 is 12.3. The molecule has 2 aliphatic rings. The first-order valence-electron chi connectivity index (χ1n) is 9.30. The number of carbonyl (C=O) groups is 1. The summed E-state index contributed by atoms with van der Waals surface area (Å²) in [4.78, 5) is 15.4. The summed E-state index contributed by atoms with van der Waals surface area (Å²) in [5.74, 6) is -0.0293. The molecule has 0 unspecified atom stereocenters. The fraction of sp³-hybridized carbons (Fsp3) is 0.409. The van der Waals surface area contributed by atoms with Crippen molar-refractivity contribution in [1.29, 1.82) is 0 Å². The fourth-order valence-electron chi connectivity index (χ4n) is 4.99. The van der Waals surface area contributed by atoms with Gasteiger partial charge in [-0.3, -0.25) is 4.79 Å². The van der Waals surface area contributed by atoms with Gasteiger partial charge in [0.15, 0.2) is 0 Å². The number of benzene rings is 2. The van der Waals surface area contributed by atoms with Crippen molar-refractivity contribution < 1.29 is 4.79 Å². The van der Waals surface area contributed by atoms with Crippen LogP contribution >= 0.6 is 23.2 Å². The maximum atomic E-state index is 13.4. The van der Waals surface area contributed by atoms with E-state index >= 15 is 0 Å². The molecular formula is C22H24Cl2N2O. The largest absolute Gasteiger partial charge is 0.396 e. The van der Waals surface area contributed by atoms with Gasteiger partial charge in [-0.15, -0.1) is 0 Å². The van der Waals surface area contributed by atoms with Gasteiger partial charge in [0.25, 0.3) is 5.91 Å². The minimum atomic E-state index is -0.0450. The molecule has 1 fully saturated rings. The van der Waals surface area contributed by atoms with Gasteiger partial charge in [-0.25, -0.2) is 0 Å². The number of amides is 1. The number of hydrogen-bond acceptors (Lipinski definition) is 2. The second-order valence-corrected chi connectivity index (χ2v) is 9.35. The van der Waals surface area contributed by atoms with Gasteiger partial charge < -0.3 is 10.6 Å². The van der Waals surface area contributed by atoms with Crippen molar-refractivity contribution in [2.75, 3.05) is 12.3 Å². The zero-order valence-electron chi connectivity index (χ0n) is 15.9. The number of nitrogens with zero attached hydrogens (tertiary/aromatic N) is 1. The van der Waals surface area contributed by atoms with Crippen LogP contribution in [-0.4, -0.2) is 23.4 Å². The van der Waals surface area contributed by atoms with Gasteiger partial charge >= 0.3 is 0 Å². The fourth-order valence-corrected chi connectivity index (χ4v) is 5.48. The molecule has 5 heteroatoms. The SMILES string of the molecule is CC1(C)[C@H]2Cc3ccccc3[C@]1(C)CCN2C(=O)c1cc(Cl)c(N)c(Cl)c1. The Bertz CT molecular complexity index is 917. The molecule has 1 aliphatic heterocycles. The lowest BCUT2D eigenvalue weighted by atomic mass is 9.51. The van der Waals surface area contributed by atoms with E-state index in [0.717, 1.165) is 19.4 Å². The Balaban J connectivity index is 1.77. The molecule has 1 heterocycles. The third kappa shape index (κ3) is 2.59. The summed E-state index contributed by atoms with van der Waals surface area (Å²) in [5, 5.41) is 0.641. The molecule has 142 valence electrons. The standard InChI is InChI=1S/C22H24Cl2N2O/c1-21(2)18-12-13-6-4-5-7-15(13)22(21,3)8-9-26(18)20(27)14-10-16(23)19(25)17(24)11-14/h4-7,10-11,18H,8-9,12,25H2,1-3H3/t18-,22+/m1/s1. The molecule has 4 rings (SSSR count). The highest BCUT2D eigenvalue weighted by atomic mass is 35.5. The van der Waals surface area contributed by atoms with Gasteiger partial charge in [0.1, 0.15) is 0 Å². The predicted octanol–water partition coefficient (Wildman–Crippen LogP) is 5.33. The lowest BCUT2D eigenvalue weighted by molar-refractivity contribution is -0.0262. The average molecular weight is 403 g/mol. The van der Waals surface area contributed by atoms with E-state index in [2.05, 4.69) is 45.0 Å². The van der Waals surface area contributed by atoms with E-state index in [4.69, 9.17) is 28.9 Å². The first-order valence-corrected chi connectivity index (χ1v) is 10.1. The van der Waals surface area contributed by atoms with Crippen molar-refractivity contribution in [3.8, 4) is 0 Å². The number of nitrogen functional groups attached to an aromatic ring is 1. The summed E-state index contributed by atoms with van der Waals surface area (Å²) in [5.41, 5.74) is 9.41. The Labute approximate surface area is 170 Å². The molecule has 2 N–H and O–H groups in total. The molecule has 27 heavy (non-hydrogen) atoms. The van der Waals surface area contributed by atoms with Crippen LogP contribution in [0.3, 0.4) is 0 Å². The smallest absolute Gasteiger partial charge is 0.254 e. The summed E-state index contributed by atoms with van der Waals surface area (Å²) in [7, 11) is 0. The highest BCUT2D eigenvalue weighted by Crippen LogP contribution is 2.56. The number of fused-ring (bicyclic) bond motifs is 4. The van der Waals surface area contributed by atoms with Crippen LogP contribution in [0.4, 0.5) is 5.69 Å². The predicted molar refractivity (Wildman–Crippen MR) is 112 cm³/mol. The second kappa shape index (κ2) is 6.15. The minimum Gasteiger partial charge on any atom is -0.396 e. The topological polar surface area (TPSA) is 46.3 Å². The van der Waals surface area contributed by atoms with Crippen LogP contribution in [0.15, 0.2) is 36.4 Å². The van der Waals surface area contributed by atoms with Crippen molar-refractivity contribution in [2.24, 2.45) is 5.41 Å². The molecule has 0 saturated carbocycles. The van der Waals surface area contributed by atoms with Gasteiger partial charge in [0.05, 0.1) is 15.7 Å². The Morgan fingerprint density at radius 2 is 1.78 bits per heavy atom. The van der Waals surface area contributed by atoms with Gasteiger partial charge in [-0.1, -0.05) is 68.2 Å². The molecule has 0 spiro atoms. The van der Waals surface area contributed by atoms with Crippen molar-refractivity contribution in [3.05, 3.63) is 63.1 Å². The Morgan fingerprint density at radius 3 is 2.44 bits per heavy atom. The van der Waals surface area contributed by atoms with Crippen LogP contribution in [0.2, 0.25) is 10.0 Å². The molecule has 2 aromatic rings. The Kier molecular flexibility index (Phi) is 4.25. The maximum absolute atomic E-state index is 13.4. The number of anilines is 1. The average Bonchev–Trinajstić information content (AvgIpc) is 2.62. The normalized spacial score (nSPS) is 25.8. The van der Waals surface area contributed by atoms with Crippen molar-refractivity contribution in [2.45, 2.75) is 45.1 Å². The summed E-state index contributed by atoms with van der Waals surface area (Å²) in [6.45, 7) is 7.64. The number of hydrogen-bond donors (Lipinski definition) is 1. The molecule has 1 amide bonds. The number of likely N-dealkylation sites (tertiary alicyclic amines) is 1. The number of piperidine rings is 1. The number of halogens is 2. The highest BCUT2D eigenvalue weighted by Gasteiger charge is 2.56. The zero-order valence-corrected chi connectivity index (χ0v) is 17.4. The van der Waals surface area contributed by atoms with Crippen LogP contribution in [0.25, 0.3) is 0 Å². The van der Waals surface area contributed by atoms with E-state index < -0.39 is 0 Å². The molecule has 2 bridgehead atoms. The van der Waals surface area contributed by atoms with E-state index in [9.17, 15) is 4.79 Å². The summed E-state index contributed by atoms with van der Waals surface area (Å²) in [6.07, 6.45) is 1.79. The Morgan fingerprint density at radius 1 is 1.15 bits per heavy atom. The highest BCUT2D eigenvalue weighted by molar-refractivity contribution is 6.39. The van der Waals surface area contributed by atoms with Crippen LogP contribution < -0.4 is 5.73 Å². The van der Waals surface area contributed by atoms with Gasteiger partial charge in [0, 0.05) is 23.6 Å². The number of nitrogens with two attached hydrogens (primary N) is 1. The van der Waals surface area contributed by atoms with E-state index in [1.54, 1.807) is 12.1 Å². The monoisotopic (exact) mass is 402 g/mol. The quantitative estimate of drug-likeness (QED) is 0.655. The molecule has 0 aromatic heterocycles. The molecule has 2 aromatic carbocycles. The third-order valence-corrected chi connectivity index (χ3v) is 7.72. The van der Waals surface area contributed by atoms with Crippen LogP contribution in [0.5, 0.6) is 0 Å². The lowest BCUT2D eigenvalue weighted by Crippen LogP contribution is -2.64. The van der Waals surface area contributed by atoms with Crippen LogP contribution in [0, 0.1) is 5.41 Å². The van der Waals surface area contributed by atoms with Crippen LogP contribution in [0.1, 0.15) is 48.7 Å². The first kappa shape index (κ1) is 18.6. The van der Waals surface area contributed by atoms with E-state index in [1.807, 2.05) is 4.90 Å². The molecule has 1 aliphatic carbocycles. The van der Waals surface area contributed by atoms with Crippen molar-refractivity contribution in [1.82, 2.24) is 4.90 Å². The Hall–Kier alpha value is -1.71. The zero-order chi connectivity index (χ0) is 19.6. The number of rotatable bonds is 1. The maximum Gasteiger partial charge on any atom is 0.254 e. The van der Waals surface area contributed by atoms with Gasteiger partial charge in [0.2, 0.25) is 0 Å². The van der Waals surface area contributed by atoms with E-state index in [0.29, 0.717) is 21.3 Å². The van der Waals surface area contributed by atoms with Crippen LogP contribution in [-0.2, 0) is 11.8 Å². The first-order chi connectivity index (χ1) is 12.7. The molecule has 0 radical (unpaired) electrons. The molecule has 3 nitrogen and oxygen atoms in total. The molecular weight excluding hydrogens is 379 g/mol. The van der Waals surface area contributed by atoms with Crippen molar-refractivity contribution in [3.63, 3.8) is 0 Å².